The first kappa shape index (κ1) is 11.5. The molecule has 1 atom stereocenters. The molecule has 88 valence electrons. The van der Waals surface area contributed by atoms with Gasteiger partial charge in [0, 0.05) is 12.6 Å². The van der Waals surface area contributed by atoms with E-state index in [-0.39, 0.29) is 6.04 Å². The normalized spacial score (nSPS) is 24.4. The van der Waals surface area contributed by atoms with Gasteiger partial charge >= 0.3 is 0 Å². The minimum Gasteiger partial charge on any atom is -0.309 e. The van der Waals surface area contributed by atoms with Crippen molar-refractivity contribution in [2.24, 2.45) is 5.41 Å². The van der Waals surface area contributed by atoms with Crippen LogP contribution in [0, 0.1) is 17.0 Å². The SMILES string of the molecule is CC1(C)CC[C@H](c2ccc(F)c(F)c2)NC1. The summed E-state index contributed by atoms with van der Waals surface area (Å²) in [6, 6.07) is 4.31. The Balaban J connectivity index is 2.11. The molecular formula is C13H17F2N. The van der Waals surface area contributed by atoms with E-state index in [0.717, 1.165) is 24.9 Å². The van der Waals surface area contributed by atoms with Crippen LogP contribution in [-0.2, 0) is 0 Å². The summed E-state index contributed by atoms with van der Waals surface area (Å²) in [6.07, 6.45) is 2.07. The van der Waals surface area contributed by atoms with Crippen LogP contribution in [0.15, 0.2) is 18.2 Å². The van der Waals surface area contributed by atoms with E-state index in [4.69, 9.17) is 0 Å². The Labute approximate surface area is 94.9 Å². The van der Waals surface area contributed by atoms with Crippen LogP contribution in [0.2, 0.25) is 0 Å². The van der Waals surface area contributed by atoms with Crippen LogP contribution in [0.4, 0.5) is 8.78 Å². The van der Waals surface area contributed by atoms with E-state index in [0.29, 0.717) is 5.41 Å². The third kappa shape index (κ3) is 2.40. The summed E-state index contributed by atoms with van der Waals surface area (Å²) >= 11 is 0. The third-order valence-electron chi connectivity index (χ3n) is 3.28. The molecular weight excluding hydrogens is 208 g/mol. The second-order valence-corrected chi connectivity index (χ2v) is 5.31. The Bertz CT molecular complexity index is 378. The molecule has 0 saturated carbocycles. The van der Waals surface area contributed by atoms with Gasteiger partial charge in [-0.25, -0.2) is 8.78 Å². The quantitative estimate of drug-likeness (QED) is 0.772. The Hall–Kier alpha value is -0.960. The molecule has 3 heteroatoms. The largest absolute Gasteiger partial charge is 0.309 e. The molecule has 0 amide bonds. The first-order valence-corrected chi connectivity index (χ1v) is 5.66. The summed E-state index contributed by atoms with van der Waals surface area (Å²) in [4.78, 5) is 0. The van der Waals surface area contributed by atoms with Crippen molar-refractivity contribution in [3.63, 3.8) is 0 Å². The molecule has 0 bridgehead atoms. The number of halogens is 2. The molecule has 16 heavy (non-hydrogen) atoms. The predicted molar refractivity (Wildman–Crippen MR) is 60.1 cm³/mol. The standard InChI is InChI=1S/C13H17F2N/c1-13(2)6-5-12(16-8-13)9-3-4-10(14)11(15)7-9/h3-4,7,12,16H,5-6,8H2,1-2H3/t12-/m1/s1. The smallest absolute Gasteiger partial charge is 0.159 e. The Morgan fingerprint density at radius 2 is 2.00 bits per heavy atom. The van der Waals surface area contributed by atoms with Crippen molar-refractivity contribution in [1.29, 1.82) is 0 Å². The second-order valence-electron chi connectivity index (χ2n) is 5.31. The van der Waals surface area contributed by atoms with Gasteiger partial charge in [-0.15, -0.1) is 0 Å². The van der Waals surface area contributed by atoms with Crippen LogP contribution < -0.4 is 5.32 Å². The molecule has 0 radical (unpaired) electrons. The van der Waals surface area contributed by atoms with Gasteiger partial charge in [0.2, 0.25) is 0 Å². The van der Waals surface area contributed by atoms with Crippen molar-refractivity contribution in [2.75, 3.05) is 6.54 Å². The minimum atomic E-state index is -0.778. The molecule has 1 fully saturated rings. The maximum absolute atomic E-state index is 13.1. The monoisotopic (exact) mass is 225 g/mol. The van der Waals surface area contributed by atoms with Gasteiger partial charge in [0.1, 0.15) is 0 Å². The first-order chi connectivity index (χ1) is 7.48. The van der Waals surface area contributed by atoms with Crippen LogP contribution >= 0.6 is 0 Å². The van der Waals surface area contributed by atoms with Crippen molar-refractivity contribution >= 4 is 0 Å². The lowest BCUT2D eigenvalue weighted by Gasteiger charge is -2.35. The van der Waals surface area contributed by atoms with Gasteiger partial charge in [0.05, 0.1) is 0 Å². The molecule has 1 nitrogen and oxygen atoms in total. The Morgan fingerprint density at radius 3 is 2.56 bits per heavy atom. The fourth-order valence-electron chi connectivity index (χ4n) is 2.14. The fourth-order valence-corrected chi connectivity index (χ4v) is 2.14. The zero-order chi connectivity index (χ0) is 11.8. The fraction of sp³-hybridized carbons (Fsp3) is 0.538. The lowest BCUT2D eigenvalue weighted by Crippen LogP contribution is -2.38. The minimum absolute atomic E-state index is 0.156. The number of hydrogen-bond donors (Lipinski definition) is 1. The summed E-state index contributed by atoms with van der Waals surface area (Å²) in [7, 11) is 0. The zero-order valence-corrected chi connectivity index (χ0v) is 9.69. The number of nitrogens with one attached hydrogen (secondary N) is 1. The summed E-state index contributed by atoms with van der Waals surface area (Å²) < 4.78 is 25.9. The summed E-state index contributed by atoms with van der Waals surface area (Å²) in [5.74, 6) is -1.54. The Morgan fingerprint density at radius 1 is 1.25 bits per heavy atom. The molecule has 0 unspecified atom stereocenters. The molecule has 0 aromatic heterocycles. The lowest BCUT2D eigenvalue weighted by atomic mass is 9.81. The van der Waals surface area contributed by atoms with Gasteiger partial charge in [-0.2, -0.15) is 0 Å². The van der Waals surface area contributed by atoms with Gasteiger partial charge in [0.15, 0.2) is 11.6 Å². The molecule has 0 spiro atoms. The topological polar surface area (TPSA) is 12.0 Å². The van der Waals surface area contributed by atoms with E-state index >= 15 is 0 Å². The number of hydrogen-bond acceptors (Lipinski definition) is 1. The van der Waals surface area contributed by atoms with Crippen molar-refractivity contribution < 1.29 is 8.78 Å². The molecule has 0 aliphatic carbocycles. The highest BCUT2D eigenvalue weighted by molar-refractivity contribution is 5.22. The van der Waals surface area contributed by atoms with Gasteiger partial charge in [-0.1, -0.05) is 19.9 Å². The van der Waals surface area contributed by atoms with Crippen molar-refractivity contribution in [2.45, 2.75) is 32.7 Å². The van der Waals surface area contributed by atoms with E-state index in [1.54, 1.807) is 6.07 Å². The molecule has 1 N–H and O–H groups in total. The molecule has 1 aromatic rings. The van der Waals surface area contributed by atoms with Crippen LogP contribution in [0.5, 0.6) is 0 Å². The van der Waals surface area contributed by atoms with E-state index in [2.05, 4.69) is 19.2 Å². The number of rotatable bonds is 1. The lowest BCUT2D eigenvalue weighted by molar-refractivity contribution is 0.223. The van der Waals surface area contributed by atoms with Crippen LogP contribution in [0.25, 0.3) is 0 Å². The summed E-state index contributed by atoms with van der Waals surface area (Å²) in [6.45, 7) is 5.33. The average molecular weight is 225 g/mol. The molecule has 1 aliphatic heterocycles. The molecule has 1 aliphatic rings. The average Bonchev–Trinajstić information content (AvgIpc) is 2.22. The van der Waals surface area contributed by atoms with Crippen molar-refractivity contribution in [3.8, 4) is 0 Å². The second kappa shape index (κ2) is 4.13. The highest BCUT2D eigenvalue weighted by Crippen LogP contribution is 2.33. The molecule has 1 heterocycles. The molecule has 1 aromatic carbocycles. The van der Waals surface area contributed by atoms with Gasteiger partial charge < -0.3 is 5.32 Å². The van der Waals surface area contributed by atoms with Crippen molar-refractivity contribution in [3.05, 3.63) is 35.4 Å². The number of piperidine rings is 1. The Kier molecular flexibility index (Phi) is 2.98. The molecule has 1 saturated heterocycles. The highest BCUT2D eigenvalue weighted by atomic mass is 19.2. The van der Waals surface area contributed by atoms with Crippen molar-refractivity contribution in [1.82, 2.24) is 5.32 Å². The predicted octanol–water partition coefficient (Wildman–Crippen LogP) is 3.42. The van der Waals surface area contributed by atoms with E-state index in [1.807, 2.05) is 0 Å². The van der Waals surface area contributed by atoms with E-state index in [1.165, 1.54) is 12.1 Å². The highest BCUT2D eigenvalue weighted by Gasteiger charge is 2.27. The summed E-state index contributed by atoms with van der Waals surface area (Å²) in [5, 5.41) is 3.38. The summed E-state index contributed by atoms with van der Waals surface area (Å²) in [5.41, 5.74) is 1.14. The van der Waals surface area contributed by atoms with E-state index in [9.17, 15) is 8.78 Å². The molecule has 2 rings (SSSR count). The van der Waals surface area contributed by atoms with Crippen LogP contribution in [0.3, 0.4) is 0 Å². The number of benzene rings is 1. The van der Waals surface area contributed by atoms with Gasteiger partial charge in [-0.3, -0.25) is 0 Å². The van der Waals surface area contributed by atoms with Crippen LogP contribution in [0.1, 0.15) is 38.3 Å². The van der Waals surface area contributed by atoms with E-state index < -0.39 is 11.6 Å². The third-order valence-corrected chi connectivity index (χ3v) is 3.28. The maximum atomic E-state index is 13.1. The maximum Gasteiger partial charge on any atom is 0.159 e. The van der Waals surface area contributed by atoms with Gasteiger partial charge in [-0.05, 0) is 36.0 Å². The first-order valence-electron chi connectivity index (χ1n) is 5.66. The van der Waals surface area contributed by atoms with Gasteiger partial charge in [0.25, 0.3) is 0 Å². The van der Waals surface area contributed by atoms with Crippen LogP contribution in [-0.4, -0.2) is 6.54 Å². The zero-order valence-electron chi connectivity index (χ0n) is 9.69.